The molecule has 0 aromatic carbocycles. The Morgan fingerprint density at radius 2 is 2.08 bits per heavy atom. The summed E-state index contributed by atoms with van der Waals surface area (Å²) in [6.07, 6.45) is 11.9. The molecule has 0 radical (unpaired) electrons. The SMILES string of the molecule is C=CC[C@@H]1CC=C[C@@H](CC=C)[NH2+]1. The van der Waals surface area contributed by atoms with E-state index < -0.39 is 0 Å². The summed E-state index contributed by atoms with van der Waals surface area (Å²) in [6, 6.07) is 1.32. The van der Waals surface area contributed by atoms with E-state index >= 15 is 0 Å². The fraction of sp³-hybridized carbons (Fsp3) is 0.455. The maximum absolute atomic E-state index is 3.76. The lowest BCUT2D eigenvalue weighted by Gasteiger charge is -2.21. The molecule has 1 aliphatic heterocycles. The van der Waals surface area contributed by atoms with Gasteiger partial charge in [-0.3, -0.25) is 0 Å². The molecule has 1 rings (SSSR count). The molecule has 2 N–H and O–H groups in total. The number of hydrogen-bond donors (Lipinski definition) is 1. The molecule has 0 saturated carbocycles. The molecule has 1 nitrogen and oxygen atoms in total. The van der Waals surface area contributed by atoms with E-state index in [9.17, 15) is 0 Å². The van der Waals surface area contributed by atoms with Crippen LogP contribution in [0.4, 0.5) is 0 Å². The largest absolute Gasteiger partial charge is 0.337 e. The molecule has 0 spiro atoms. The van der Waals surface area contributed by atoms with Crippen LogP contribution in [-0.4, -0.2) is 12.1 Å². The van der Waals surface area contributed by atoms with Gasteiger partial charge in [0.15, 0.2) is 0 Å². The lowest BCUT2D eigenvalue weighted by atomic mass is 10.0. The molecule has 1 heterocycles. The van der Waals surface area contributed by atoms with Crippen molar-refractivity contribution in [3.8, 4) is 0 Å². The zero-order valence-corrected chi connectivity index (χ0v) is 7.58. The minimum absolute atomic E-state index is 0.612. The molecule has 0 unspecified atom stereocenters. The van der Waals surface area contributed by atoms with Crippen molar-refractivity contribution in [1.82, 2.24) is 0 Å². The van der Waals surface area contributed by atoms with Crippen LogP contribution in [0.15, 0.2) is 37.5 Å². The van der Waals surface area contributed by atoms with Crippen molar-refractivity contribution in [3.63, 3.8) is 0 Å². The first kappa shape index (κ1) is 9.27. The molecule has 1 heteroatoms. The van der Waals surface area contributed by atoms with Gasteiger partial charge in [-0.1, -0.05) is 18.2 Å². The minimum Gasteiger partial charge on any atom is -0.337 e. The van der Waals surface area contributed by atoms with Crippen molar-refractivity contribution < 1.29 is 5.32 Å². The second-order valence-corrected chi connectivity index (χ2v) is 3.33. The first-order valence-corrected chi connectivity index (χ1v) is 4.60. The van der Waals surface area contributed by atoms with Crippen molar-refractivity contribution in [2.75, 3.05) is 0 Å². The topological polar surface area (TPSA) is 16.6 Å². The lowest BCUT2D eigenvalue weighted by Crippen LogP contribution is -2.95. The van der Waals surface area contributed by atoms with E-state index in [-0.39, 0.29) is 0 Å². The van der Waals surface area contributed by atoms with E-state index in [0.29, 0.717) is 12.1 Å². The van der Waals surface area contributed by atoms with Gasteiger partial charge in [0.05, 0.1) is 6.04 Å². The third-order valence-corrected chi connectivity index (χ3v) is 2.25. The van der Waals surface area contributed by atoms with Crippen LogP contribution in [0.1, 0.15) is 19.3 Å². The molecule has 0 amide bonds. The molecule has 12 heavy (non-hydrogen) atoms. The second-order valence-electron chi connectivity index (χ2n) is 3.33. The van der Waals surface area contributed by atoms with Gasteiger partial charge in [0.2, 0.25) is 0 Å². The Hall–Kier alpha value is -0.820. The molecule has 1 aliphatic rings. The summed E-state index contributed by atoms with van der Waals surface area (Å²) in [5.41, 5.74) is 0. The van der Waals surface area contributed by atoms with Gasteiger partial charge in [0.1, 0.15) is 6.04 Å². The highest BCUT2D eigenvalue weighted by molar-refractivity contribution is 4.96. The summed E-state index contributed by atoms with van der Waals surface area (Å²) in [6.45, 7) is 7.51. The molecule has 0 aromatic heterocycles. The molecule has 0 aliphatic carbocycles. The predicted molar refractivity (Wildman–Crippen MR) is 52.9 cm³/mol. The quantitative estimate of drug-likeness (QED) is 0.605. The fourth-order valence-electron chi connectivity index (χ4n) is 1.66. The van der Waals surface area contributed by atoms with Crippen molar-refractivity contribution in [3.05, 3.63) is 37.5 Å². The summed E-state index contributed by atoms with van der Waals surface area (Å²) in [5.74, 6) is 0. The highest BCUT2D eigenvalue weighted by Crippen LogP contribution is 2.03. The highest BCUT2D eigenvalue weighted by atomic mass is 14.9. The first-order valence-electron chi connectivity index (χ1n) is 4.60. The first-order chi connectivity index (χ1) is 5.86. The Kier molecular flexibility index (Phi) is 3.81. The van der Waals surface area contributed by atoms with Gasteiger partial charge in [-0.15, -0.1) is 13.2 Å². The fourth-order valence-corrected chi connectivity index (χ4v) is 1.66. The van der Waals surface area contributed by atoms with Crippen LogP contribution in [-0.2, 0) is 0 Å². The number of quaternary nitrogens is 1. The Balaban J connectivity index is 2.38. The highest BCUT2D eigenvalue weighted by Gasteiger charge is 2.17. The number of rotatable bonds is 4. The summed E-state index contributed by atoms with van der Waals surface area (Å²) in [4.78, 5) is 0. The minimum atomic E-state index is 0.612. The Labute approximate surface area is 74.9 Å². The summed E-state index contributed by atoms with van der Waals surface area (Å²) in [5, 5.41) is 2.42. The average Bonchev–Trinajstić information content (AvgIpc) is 2.06. The van der Waals surface area contributed by atoms with Crippen LogP contribution >= 0.6 is 0 Å². The molecule has 0 bridgehead atoms. The van der Waals surface area contributed by atoms with E-state index in [4.69, 9.17) is 0 Å². The molecule has 2 atom stereocenters. The number of hydrogen-bond acceptors (Lipinski definition) is 0. The van der Waals surface area contributed by atoms with Gasteiger partial charge in [0.25, 0.3) is 0 Å². The third-order valence-electron chi connectivity index (χ3n) is 2.25. The van der Waals surface area contributed by atoms with Crippen LogP contribution in [0, 0.1) is 0 Å². The van der Waals surface area contributed by atoms with Crippen LogP contribution < -0.4 is 5.32 Å². The van der Waals surface area contributed by atoms with Gasteiger partial charge in [0, 0.05) is 19.3 Å². The Morgan fingerprint density at radius 1 is 1.33 bits per heavy atom. The monoisotopic (exact) mass is 164 g/mol. The average molecular weight is 164 g/mol. The van der Waals surface area contributed by atoms with E-state index in [0.717, 1.165) is 12.8 Å². The smallest absolute Gasteiger partial charge is 0.108 e. The van der Waals surface area contributed by atoms with E-state index in [1.165, 1.54) is 6.42 Å². The van der Waals surface area contributed by atoms with E-state index in [1.54, 1.807) is 0 Å². The van der Waals surface area contributed by atoms with Crippen LogP contribution in [0.2, 0.25) is 0 Å². The summed E-state index contributed by atoms with van der Waals surface area (Å²) >= 11 is 0. The molecule has 0 fully saturated rings. The van der Waals surface area contributed by atoms with Crippen molar-refractivity contribution in [2.24, 2.45) is 0 Å². The standard InChI is InChI=1S/C11H17N/c1-3-6-10-8-5-9-11(12-10)7-4-2/h3-5,8,10-12H,1-2,6-7,9H2/p+1/t10-,11-/m1/s1. The molecule has 0 saturated heterocycles. The van der Waals surface area contributed by atoms with Gasteiger partial charge in [-0.25, -0.2) is 0 Å². The van der Waals surface area contributed by atoms with E-state index in [1.807, 2.05) is 12.2 Å². The van der Waals surface area contributed by atoms with Crippen LogP contribution in [0.3, 0.4) is 0 Å². The van der Waals surface area contributed by atoms with Gasteiger partial charge < -0.3 is 5.32 Å². The van der Waals surface area contributed by atoms with Crippen LogP contribution in [0.25, 0.3) is 0 Å². The van der Waals surface area contributed by atoms with Gasteiger partial charge in [-0.2, -0.15) is 0 Å². The third kappa shape index (κ3) is 2.67. The van der Waals surface area contributed by atoms with E-state index in [2.05, 4.69) is 30.6 Å². The summed E-state index contributed by atoms with van der Waals surface area (Å²) < 4.78 is 0. The van der Waals surface area contributed by atoms with Gasteiger partial charge >= 0.3 is 0 Å². The molecule has 66 valence electrons. The zero-order chi connectivity index (χ0) is 8.81. The predicted octanol–water partition coefficient (Wildman–Crippen LogP) is 1.40. The zero-order valence-electron chi connectivity index (χ0n) is 7.58. The van der Waals surface area contributed by atoms with Crippen molar-refractivity contribution in [2.45, 2.75) is 31.3 Å². The Bertz CT molecular complexity index is 181. The molecular weight excluding hydrogens is 146 g/mol. The molecule has 0 aromatic rings. The second kappa shape index (κ2) is 4.94. The maximum atomic E-state index is 3.76. The Morgan fingerprint density at radius 3 is 2.75 bits per heavy atom. The molecular formula is C11H18N+. The normalized spacial score (nSPS) is 28.3. The maximum Gasteiger partial charge on any atom is 0.108 e. The number of nitrogens with two attached hydrogens (primary N) is 1. The van der Waals surface area contributed by atoms with Crippen LogP contribution in [0.5, 0.6) is 0 Å². The van der Waals surface area contributed by atoms with Gasteiger partial charge in [-0.05, 0) is 6.08 Å². The lowest BCUT2D eigenvalue weighted by molar-refractivity contribution is -0.713. The van der Waals surface area contributed by atoms with Crippen molar-refractivity contribution >= 4 is 0 Å². The van der Waals surface area contributed by atoms with Crippen molar-refractivity contribution in [1.29, 1.82) is 0 Å². The summed E-state index contributed by atoms with van der Waals surface area (Å²) in [7, 11) is 0.